The van der Waals surface area contributed by atoms with Crippen molar-refractivity contribution in [1.29, 1.82) is 0 Å². The van der Waals surface area contributed by atoms with E-state index < -0.39 is 42.5 Å². The fourth-order valence-corrected chi connectivity index (χ4v) is 3.72. The first-order valence-corrected chi connectivity index (χ1v) is 9.60. The highest BCUT2D eigenvalue weighted by molar-refractivity contribution is 6.08. The highest BCUT2D eigenvalue weighted by Gasteiger charge is 2.49. The van der Waals surface area contributed by atoms with Gasteiger partial charge in [0.25, 0.3) is 11.8 Å². The molecule has 1 aromatic carbocycles. The third-order valence-electron chi connectivity index (χ3n) is 5.49. The van der Waals surface area contributed by atoms with Gasteiger partial charge in [-0.3, -0.25) is 19.3 Å². The van der Waals surface area contributed by atoms with Crippen molar-refractivity contribution in [3.63, 3.8) is 0 Å². The lowest BCUT2D eigenvalue weighted by Gasteiger charge is -2.22. The molecular weight excluding hydrogens is 362 g/mol. The molecule has 0 aromatic heterocycles. The molecule has 0 unspecified atom stereocenters. The number of carbonyl (C=O) groups is 4. The standard InChI is InChI=1S/C20H25N3O5/c1-3-20(4-2)18(26)23(19(27)22-20)11-17(25)28-12-16(24)21-15-9-8-13-6-5-7-14(13)10-15/h8-10H,3-7,11-12H2,1-2H3,(H,21,24)(H,22,27). The van der Waals surface area contributed by atoms with Crippen molar-refractivity contribution in [3.8, 4) is 0 Å². The van der Waals surface area contributed by atoms with E-state index in [0.717, 1.165) is 24.2 Å². The number of fused-ring (bicyclic) bond motifs is 1. The van der Waals surface area contributed by atoms with Crippen LogP contribution in [0.1, 0.15) is 44.2 Å². The summed E-state index contributed by atoms with van der Waals surface area (Å²) in [5.74, 6) is -1.72. The largest absolute Gasteiger partial charge is 0.454 e. The van der Waals surface area contributed by atoms with E-state index in [9.17, 15) is 19.2 Å². The van der Waals surface area contributed by atoms with Crippen LogP contribution >= 0.6 is 0 Å². The first-order chi connectivity index (χ1) is 13.4. The summed E-state index contributed by atoms with van der Waals surface area (Å²) >= 11 is 0. The predicted molar refractivity (Wildman–Crippen MR) is 102 cm³/mol. The van der Waals surface area contributed by atoms with Crippen molar-refractivity contribution in [2.24, 2.45) is 0 Å². The molecule has 0 bridgehead atoms. The van der Waals surface area contributed by atoms with Crippen LogP contribution in [0.5, 0.6) is 0 Å². The molecule has 1 aliphatic carbocycles. The summed E-state index contributed by atoms with van der Waals surface area (Å²) in [7, 11) is 0. The van der Waals surface area contributed by atoms with Crippen LogP contribution in [0.25, 0.3) is 0 Å². The maximum atomic E-state index is 12.5. The molecule has 150 valence electrons. The fraction of sp³-hybridized carbons (Fsp3) is 0.500. The van der Waals surface area contributed by atoms with Crippen molar-refractivity contribution in [1.82, 2.24) is 10.2 Å². The minimum atomic E-state index is -0.970. The van der Waals surface area contributed by atoms with Gasteiger partial charge in [0.2, 0.25) is 0 Å². The van der Waals surface area contributed by atoms with E-state index in [-0.39, 0.29) is 0 Å². The number of urea groups is 1. The maximum absolute atomic E-state index is 12.5. The molecule has 1 saturated heterocycles. The number of nitrogens with zero attached hydrogens (tertiary/aromatic N) is 1. The van der Waals surface area contributed by atoms with Crippen LogP contribution < -0.4 is 10.6 Å². The zero-order valence-corrected chi connectivity index (χ0v) is 16.2. The Hall–Kier alpha value is -2.90. The van der Waals surface area contributed by atoms with Gasteiger partial charge in [0.05, 0.1) is 0 Å². The molecule has 2 N–H and O–H groups in total. The van der Waals surface area contributed by atoms with Gasteiger partial charge in [0, 0.05) is 5.69 Å². The van der Waals surface area contributed by atoms with Gasteiger partial charge < -0.3 is 15.4 Å². The summed E-state index contributed by atoms with van der Waals surface area (Å²) in [4.78, 5) is 49.4. The fourth-order valence-electron chi connectivity index (χ4n) is 3.72. The molecule has 4 amide bonds. The number of nitrogens with one attached hydrogen (secondary N) is 2. The number of carbonyl (C=O) groups excluding carboxylic acids is 4. The second-order valence-corrected chi connectivity index (χ2v) is 7.16. The molecule has 0 radical (unpaired) electrons. The number of imide groups is 1. The van der Waals surface area contributed by atoms with Gasteiger partial charge in [-0.2, -0.15) is 0 Å². The Morgan fingerprint density at radius 2 is 1.89 bits per heavy atom. The minimum absolute atomic E-state index is 0.433. The highest BCUT2D eigenvalue weighted by Crippen LogP contribution is 2.25. The van der Waals surface area contributed by atoms with Crippen LogP contribution in [0, 0.1) is 0 Å². The van der Waals surface area contributed by atoms with Gasteiger partial charge in [0.15, 0.2) is 6.61 Å². The number of rotatable bonds is 7. The van der Waals surface area contributed by atoms with Gasteiger partial charge in [-0.15, -0.1) is 0 Å². The second-order valence-electron chi connectivity index (χ2n) is 7.16. The molecule has 1 aliphatic heterocycles. The molecule has 1 heterocycles. The molecule has 0 atom stereocenters. The highest BCUT2D eigenvalue weighted by atomic mass is 16.5. The maximum Gasteiger partial charge on any atom is 0.326 e. The van der Waals surface area contributed by atoms with Gasteiger partial charge in [-0.25, -0.2) is 4.79 Å². The van der Waals surface area contributed by atoms with E-state index in [2.05, 4.69) is 10.6 Å². The van der Waals surface area contributed by atoms with E-state index in [0.29, 0.717) is 18.5 Å². The van der Waals surface area contributed by atoms with Crippen molar-refractivity contribution in [2.75, 3.05) is 18.5 Å². The lowest BCUT2D eigenvalue weighted by Crippen LogP contribution is -2.46. The van der Waals surface area contributed by atoms with Crippen LogP contribution in [0.2, 0.25) is 0 Å². The second kappa shape index (κ2) is 8.00. The number of hydrogen-bond acceptors (Lipinski definition) is 5. The Kier molecular flexibility index (Phi) is 5.67. The van der Waals surface area contributed by atoms with Crippen LogP contribution in [0.15, 0.2) is 18.2 Å². The van der Waals surface area contributed by atoms with E-state index in [1.54, 1.807) is 13.8 Å². The van der Waals surface area contributed by atoms with Crippen LogP contribution in [0.3, 0.4) is 0 Å². The number of esters is 1. The van der Waals surface area contributed by atoms with E-state index in [1.165, 1.54) is 11.1 Å². The topological polar surface area (TPSA) is 105 Å². The van der Waals surface area contributed by atoms with E-state index in [4.69, 9.17) is 4.74 Å². The van der Waals surface area contributed by atoms with Gasteiger partial charge in [-0.1, -0.05) is 19.9 Å². The summed E-state index contributed by atoms with van der Waals surface area (Å²) in [5.41, 5.74) is 2.21. The molecule has 8 nitrogen and oxygen atoms in total. The summed E-state index contributed by atoms with van der Waals surface area (Å²) in [6.07, 6.45) is 4.04. The zero-order valence-electron chi connectivity index (χ0n) is 16.2. The number of ether oxygens (including phenoxy) is 1. The van der Waals surface area contributed by atoms with Gasteiger partial charge in [0.1, 0.15) is 12.1 Å². The molecule has 28 heavy (non-hydrogen) atoms. The molecule has 1 aromatic rings. The Morgan fingerprint density at radius 3 is 2.57 bits per heavy atom. The number of anilines is 1. The Bertz CT molecular complexity index is 816. The molecule has 0 spiro atoms. The normalized spacial score (nSPS) is 17.3. The predicted octanol–water partition coefficient (Wildman–Crippen LogP) is 1.77. The average molecular weight is 387 g/mol. The SMILES string of the molecule is CCC1(CC)NC(=O)N(CC(=O)OCC(=O)Nc2ccc3c(c2)CCC3)C1=O. The summed E-state index contributed by atoms with van der Waals surface area (Å²) in [5, 5.41) is 5.33. The number of aryl methyl sites for hydroxylation is 2. The molecular formula is C20H25N3O5. The monoisotopic (exact) mass is 387 g/mol. The smallest absolute Gasteiger partial charge is 0.326 e. The van der Waals surface area contributed by atoms with E-state index in [1.807, 2.05) is 18.2 Å². The first-order valence-electron chi connectivity index (χ1n) is 9.60. The third-order valence-corrected chi connectivity index (χ3v) is 5.49. The quantitative estimate of drug-likeness (QED) is 0.548. The van der Waals surface area contributed by atoms with Crippen LogP contribution in [-0.2, 0) is 32.0 Å². The minimum Gasteiger partial charge on any atom is -0.454 e. The number of benzene rings is 1. The Labute approximate surface area is 163 Å². The zero-order chi connectivity index (χ0) is 20.3. The third kappa shape index (κ3) is 3.85. The van der Waals surface area contributed by atoms with Crippen LogP contribution in [-0.4, -0.2) is 47.4 Å². The average Bonchev–Trinajstić information content (AvgIpc) is 3.24. The lowest BCUT2D eigenvalue weighted by molar-refractivity contribution is -0.150. The Balaban J connectivity index is 1.49. The van der Waals surface area contributed by atoms with Crippen molar-refractivity contribution in [3.05, 3.63) is 29.3 Å². The van der Waals surface area contributed by atoms with Crippen molar-refractivity contribution >= 4 is 29.5 Å². The molecule has 2 aliphatic rings. The first kappa shape index (κ1) is 19.9. The number of amides is 4. The van der Waals surface area contributed by atoms with Crippen molar-refractivity contribution < 1.29 is 23.9 Å². The van der Waals surface area contributed by atoms with Crippen LogP contribution in [0.4, 0.5) is 10.5 Å². The summed E-state index contributed by atoms with van der Waals surface area (Å²) < 4.78 is 4.94. The van der Waals surface area contributed by atoms with Crippen molar-refractivity contribution in [2.45, 2.75) is 51.5 Å². The molecule has 1 fully saturated rings. The molecule has 3 rings (SSSR count). The van der Waals surface area contributed by atoms with E-state index >= 15 is 0 Å². The lowest BCUT2D eigenvalue weighted by atomic mass is 9.93. The summed E-state index contributed by atoms with van der Waals surface area (Å²) in [6.45, 7) is 2.60. The summed E-state index contributed by atoms with van der Waals surface area (Å²) in [6, 6.07) is 5.14. The molecule has 8 heteroatoms. The number of hydrogen-bond donors (Lipinski definition) is 2. The molecule has 0 saturated carbocycles. The van der Waals surface area contributed by atoms with Gasteiger partial charge in [-0.05, 0) is 55.4 Å². The Morgan fingerprint density at radius 1 is 1.18 bits per heavy atom. The van der Waals surface area contributed by atoms with Gasteiger partial charge >= 0.3 is 12.0 Å².